The zero-order chi connectivity index (χ0) is 30.7. The fourth-order valence-electron chi connectivity index (χ4n) is 5.37. The van der Waals surface area contributed by atoms with E-state index >= 15 is 0 Å². The van der Waals surface area contributed by atoms with Crippen molar-refractivity contribution in [3.8, 4) is 28.4 Å². The van der Waals surface area contributed by atoms with Gasteiger partial charge in [-0.05, 0) is 90.9 Å². The summed E-state index contributed by atoms with van der Waals surface area (Å²) >= 11 is 0. The van der Waals surface area contributed by atoms with Crippen molar-refractivity contribution >= 4 is 23.7 Å². The average molecular weight is 603 g/mol. The van der Waals surface area contributed by atoms with Crippen molar-refractivity contribution in [2.24, 2.45) is 5.92 Å². The van der Waals surface area contributed by atoms with Crippen LogP contribution in [0.2, 0.25) is 0 Å². The molecule has 0 bridgehead atoms. The van der Waals surface area contributed by atoms with E-state index in [0.717, 1.165) is 52.5 Å². The number of rotatable bonds is 18. The second-order valence-corrected chi connectivity index (χ2v) is 14.6. The Morgan fingerprint density at radius 2 is 1.40 bits per heavy atom. The molecule has 0 N–H and O–H groups in total. The average Bonchev–Trinajstić information content (AvgIpc) is 3.28. The molecular weight excluding hydrogens is 555 g/mol. The Bertz CT molecular complexity index is 1410. The third-order valence-corrected chi connectivity index (χ3v) is 11.5. The van der Waals surface area contributed by atoms with Gasteiger partial charge in [0.05, 0.1) is 18.8 Å². The summed E-state index contributed by atoms with van der Waals surface area (Å²) in [6.45, 7) is 11.3. The van der Waals surface area contributed by atoms with Gasteiger partial charge in [0.1, 0.15) is 24.4 Å². The first-order valence-corrected chi connectivity index (χ1v) is 17.9. The molecule has 0 saturated heterocycles. The summed E-state index contributed by atoms with van der Waals surface area (Å²) in [7, 11) is -2.90. The van der Waals surface area contributed by atoms with Crippen molar-refractivity contribution in [2.45, 2.75) is 78.6 Å². The zero-order valence-corrected chi connectivity index (χ0v) is 27.0. The maximum Gasteiger partial charge on any atom is 0.343 e. The predicted molar refractivity (Wildman–Crippen MR) is 178 cm³/mol. The molecule has 6 heteroatoms. The predicted octanol–water partition coefficient (Wildman–Crippen LogP) is 9.33. The molecule has 230 valence electrons. The van der Waals surface area contributed by atoms with Gasteiger partial charge in [-0.15, -0.1) is 6.58 Å². The number of hydrogen-bond acceptors (Lipinski definition) is 5. The number of benzene rings is 3. The highest BCUT2D eigenvalue weighted by Gasteiger charge is 2.38. The second kappa shape index (κ2) is 16.0. The van der Waals surface area contributed by atoms with Gasteiger partial charge in [0.2, 0.25) is 0 Å². The van der Waals surface area contributed by atoms with Crippen LogP contribution in [0.3, 0.4) is 0 Å². The molecule has 1 aliphatic heterocycles. The Kier molecular flexibility index (Phi) is 12.1. The van der Waals surface area contributed by atoms with Crippen LogP contribution in [0, 0.1) is 5.92 Å². The summed E-state index contributed by atoms with van der Waals surface area (Å²) in [5, 5.41) is 1.53. The first kappa shape index (κ1) is 32.6. The summed E-state index contributed by atoms with van der Waals surface area (Å²) < 4.78 is 31.9. The van der Waals surface area contributed by atoms with E-state index in [1.807, 2.05) is 49.4 Å². The van der Waals surface area contributed by atoms with Gasteiger partial charge in [0, 0.05) is 16.8 Å². The molecule has 0 aliphatic carbocycles. The standard InChI is InChI=1S/C37H47O5P/c1-5-8-9-10-11-12-13-14-15-24-40-30-17-19-31(20-18-30)42-37(38)29-16-22-33-34-23-21-32(41-27-28(4)6-2)26-36(34)43(39,7-3)35(33)25-29/h5,16-23,25-26,28H,1,6-15,24,27H2,2-4H3/t28-,43?/m0/s1. The number of carbonyl (C=O) groups excluding carboxylic acids is 1. The molecule has 4 rings (SSSR count). The van der Waals surface area contributed by atoms with E-state index in [1.54, 1.807) is 24.3 Å². The van der Waals surface area contributed by atoms with Gasteiger partial charge in [-0.1, -0.05) is 71.4 Å². The molecular formula is C37H47O5P. The quantitative estimate of drug-likeness (QED) is 0.0477. The summed E-state index contributed by atoms with van der Waals surface area (Å²) in [6, 6.07) is 18.4. The van der Waals surface area contributed by atoms with Crippen LogP contribution in [0.5, 0.6) is 17.2 Å². The lowest BCUT2D eigenvalue weighted by Crippen LogP contribution is -2.16. The lowest BCUT2D eigenvalue weighted by Gasteiger charge is -2.15. The summed E-state index contributed by atoms with van der Waals surface area (Å²) in [5.74, 6) is 1.91. The Hall–Kier alpha value is -3.30. The first-order chi connectivity index (χ1) is 20.9. The normalized spacial score (nSPS) is 15.8. The minimum absolute atomic E-state index is 0.384. The van der Waals surface area contributed by atoms with Gasteiger partial charge >= 0.3 is 5.97 Å². The molecule has 1 unspecified atom stereocenters. The molecule has 0 aromatic heterocycles. The van der Waals surface area contributed by atoms with Crippen LogP contribution in [-0.4, -0.2) is 25.3 Å². The van der Waals surface area contributed by atoms with Crippen LogP contribution >= 0.6 is 7.14 Å². The van der Waals surface area contributed by atoms with Gasteiger partial charge in [0.25, 0.3) is 0 Å². The first-order valence-electron chi connectivity index (χ1n) is 16.0. The van der Waals surface area contributed by atoms with Gasteiger partial charge in [-0.25, -0.2) is 4.79 Å². The Balaban J connectivity index is 1.31. The number of allylic oxidation sites excluding steroid dienone is 1. The highest BCUT2D eigenvalue weighted by Crippen LogP contribution is 2.53. The fourth-order valence-corrected chi connectivity index (χ4v) is 8.17. The van der Waals surface area contributed by atoms with Crippen LogP contribution in [0.1, 0.15) is 88.9 Å². The summed E-state index contributed by atoms with van der Waals surface area (Å²) in [6.07, 6.45) is 13.2. The number of hydrogen-bond donors (Lipinski definition) is 0. The van der Waals surface area contributed by atoms with Crippen LogP contribution in [0.15, 0.2) is 73.3 Å². The van der Waals surface area contributed by atoms with Crippen molar-refractivity contribution in [2.75, 3.05) is 19.4 Å². The number of fused-ring (bicyclic) bond motifs is 3. The number of carbonyl (C=O) groups is 1. The lowest BCUT2D eigenvalue weighted by molar-refractivity contribution is 0.0734. The van der Waals surface area contributed by atoms with Gasteiger partial charge in [0.15, 0.2) is 0 Å². The smallest absolute Gasteiger partial charge is 0.343 e. The van der Waals surface area contributed by atoms with E-state index in [2.05, 4.69) is 20.4 Å². The van der Waals surface area contributed by atoms with E-state index in [1.165, 1.54) is 38.5 Å². The van der Waals surface area contributed by atoms with Crippen LogP contribution in [0.4, 0.5) is 0 Å². The highest BCUT2D eigenvalue weighted by atomic mass is 31.2. The van der Waals surface area contributed by atoms with Crippen molar-refractivity contribution < 1.29 is 23.6 Å². The van der Waals surface area contributed by atoms with Gasteiger partial charge in [-0.3, -0.25) is 0 Å². The third kappa shape index (κ3) is 8.42. The van der Waals surface area contributed by atoms with Crippen molar-refractivity contribution in [3.63, 3.8) is 0 Å². The molecule has 0 amide bonds. The molecule has 0 spiro atoms. The molecule has 43 heavy (non-hydrogen) atoms. The minimum Gasteiger partial charge on any atom is -0.494 e. The molecule has 2 atom stereocenters. The fraction of sp³-hybridized carbons (Fsp3) is 0.432. The van der Waals surface area contributed by atoms with Crippen LogP contribution in [-0.2, 0) is 4.57 Å². The number of ether oxygens (including phenoxy) is 3. The SMILES string of the molecule is C=CCCCCCCCCCOc1ccc(OC(=O)c2ccc3c(c2)P(=O)(CC)c2cc(OC[C@@H](C)CC)ccc2-3)cc1. The van der Waals surface area contributed by atoms with E-state index in [-0.39, 0.29) is 0 Å². The van der Waals surface area contributed by atoms with Crippen LogP contribution in [0.25, 0.3) is 11.1 Å². The molecule has 3 aromatic rings. The Morgan fingerprint density at radius 3 is 2.07 bits per heavy atom. The Labute approximate surface area is 258 Å². The maximum absolute atomic E-state index is 14.3. The summed E-state index contributed by atoms with van der Waals surface area (Å²) in [4.78, 5) is 13.1. The van der Waals surface area contributed by atoms with Crippen molar-refractivity contribution in [1.29, 1.82) is 0 Å². The largest absolute Gasteiger partial charge is 0.494 e. The second-order valence-electron chi connectivity index (χ2n) is 11.6. The molecule has 0 saturated carbocycles. The topological polar surface area (TPSA) is 61.8 Å². The van der Waals surface area contributed by atoms with E-state index in [0.29, 0.717) is 36.6 Å². The number of unbranched alkanes of at least 4 members (excludes halogenated alkanes) is 7. The lowest BCUT2D eigenvalue weighted by atomic mass is 10.0. The third-order valence-electron chi connectivity index (χ3n) is 8.30. The van der Waals surface area contributed by atoms with Crippen molar-refractivity contribution in [3.05, 3.63) is 78.9 Å². The highest BCUT2D eigenvalue weighted by molar-refractivity contribution is 7.79. The zero-order valence-electron chi connectivity index (χ0n) is 26.1. The van der Waals surface area contributed by atoms with E-state index < -0.39 is 13.1 Å². The van der Waals surface area contributed by atoms with Gasteiger partial charge in [-0.2, -0.15) is 0 Å². The molecule has 0 fully saturated rings. The van der Waals surface area contributed by atoms with Crippen LogP contribution < -0.4 is 24.8 Å². The minimum atomic E-state index is -2.90. The number of esters is 1. The Morgan fingerprint density at radius 1 is 0.791 bits per heavy atom. The molecule has 0 radical (unpaired) electrons. The molecule has 1 heterocycles. The van der Waals surface area contributed by atoms with Crippen molar-refractivity contribution in [1.82, 2.24) is 0 Å². The van der Waals surface area contributed by atoms with E-state index in [4.69, 9.17) is 14.2 Å². The molecule has 3 aromatic carbocycles. The molecule has 5 nitrogen and oxygen atoms in total. The van der Waals surface area contributed by atoms with E-state index in [9.17, 15) is 9.36 Å². The maximum atomic E-state index is 14.3. The monoisotopic (exact) mass is 602 g/mol. The molecule has 1 aliphatic rings. The summed E-state index contributed by atoms with van der Waals surface area (Å²) in [5.41, 5.74) is 2.25. The van der Waals surface area contributed by atoms with Gasteiger partial charge < -0.3 is 18.8 Å².